The van der Waals surface area contributed by atoms with Crippen LogP contribution in [0.25, 0.3) is 0 Å². The number of carbonyl (C=O) groups is 1. The molecule has 2 rings (SSSR count). The monoisotopic (exact) mass is 372 g/mol. The third-order valence-corrected chi connectivity index (χ3v) is 5.93. The Kier molecular flexibility index (Phi) is 6.39. The molecule has 25 heavy (non-hydrogen) atoms. The number of carbonyl (C=O) groups excluding carboxylic acids is 1. The number of ketones is 1. The molecule has 1 aromatic rings. The molecule has 3 N–H and O–H groups in total. The predicted octanol–water partition coefficient (Wildman–Crippen LogP) is -0.695. The number of Topliss-reactive ketones (excluding diaryl/α,β-unsaturated/α-hetero) is 1. The van der Waals surface area contributed by atoms with Gasteiger partial charge in [0.1, 0.15) is 0 Å². The molecule has 1 saturated heterocycles. The Morgan fingerprint density at radius 1 is 1.28 bits per heavy atom. The first kappa shape index (κ1) is 19.6. The Balaban J connectivity index is 2.18. The molecule has 8 nitrogen and oxygen atoms in total. The van der Waals surface area contributed by atoms with Crippen molar-refractivity contribution >= 4 is 15.6 Å². The highest BCUT2D eigenvalue weighted by atomic mass is 32.2. The number of aliphatic hydroxyl groups excluding tert-OH is 1. The number of ether oxygens (including phenoxy) is 2. The summed E-state index contributed by atoms with van der Waals surface area (Å²) in [6.07, 6.45) is -1.02. The molecule has 1 heterocycles. The van der Waals surface area contributed by atoms with Gasteiger partial charge in [-0.1, -0.05) is 0 Å². The number of hydrogen-bond acceptors (Lipinski definition) is 8. The van der Waals surface area contributed by atoms with Crippen LogP contribution in [0.5, 0.6) is 11.5 Å². The number of sulfone groups is 1. The first-order valence-electron chi connectivity index (χ1n) is 7.89. The predicted molar refractivity (Wildman–Crippen MR) is 93.0 cm³/mol. The quantitative estimate of drug-likeness (QED) is 0.575. The normalized spacial score (nSPS) is 22.1. The van der Waals surface area contributed by atoms with E-state index in [1.807, 2.05) is 0 Å². The van der Waals surface area contributed by atoms with Gasteiger partial charge in [0.05, 0.1) is 44.4 Å². The van der Waals surface area contributed by atoms with Gasteiger partial charge in [-0.05, 0) is 18.2 Å². The molecule has 0 bridgehead atoms. The van der Waals surface area contributed by atoms with Crippen LogP contribution in [0.2, 0.25) is 0 Å². The van der Waals surface area contributed by atoms with Gasteiger partial charge in [0, 0.05) is 18.7 Å². The molecule has 1 fully saturated rings. The van der Waals surface area contributed by atoms with E-state index in [-0.39, 0.29) is 30.4 Å². The van der Waals surface area contributed by atoms with E-state index in [2.05, 4.69) is 0 Å². The number of benzene rings is 1. The van der Waals surface area contributed by atoms with Crippen molar-refractivity contribution < 1.29 is 27.8 Å². The maximum atomic E-state index is 12.6. The van der Waals surface area contributed by atoms with Crippen molar-refractivity contribution in [3.05, 3.63) is 23.8 Å². The average molecular weight is 372 g/mol. The van der Waals surface area contributed by atoms with Gasteiger partial charge in [0.2, 0.25) is 0 Å². The van der Waals surface area contributed by atoms with Crippen molar-refractivity contribution in [3.63, 3.8) is 0 Å². The molecule has 1 aliphatic heterocycles. The highest BCUT2D eigenvalue weighted by molar-refractivity contribution is 7.91. The number of nitrogens with two attached hydrogens (primary N) is 1. The summed E-state index contributed by atoms with van der Waals surface area (Å²) < 4.78 is 33.8. The van der Waals surface area contributed by atoms with E-state index in [9.17, 15) is 18.3 Å². The van der Waals surface area contributed by atoms with E-state index < -0.39 is 22.0 Å². The molecule has 9 heteroatoms. The number of rotatable bonds is 8. The van der Waals surface area contributed by atoms with Crippen LogP contribution < -0.4 is 15.2 Å². The fourth-order valence-electron chi connectivity index (χ4n) is 2.97. The number of hydrogen-bond donors (Lipinski definition) is 2. The van der Waals surface area contributed by atoms with E-state index >= 15 is 0 Å². The minimum absolute atomic E-state index is 0.0378. The molecule has 140 valence electrons. The van der Waals surface area contributed by atoms with E-state index in [1.54, 1.807) is 23.1 Å². The Bertz CT molecular complexity index is 721. The third kappa shape index (κ3) is 4.69. The maximum Gasteiger partial charge on any atom is 0.176 e. The Labute approximate surface area is 147 Å². The fourth-order valence-corrected chi connectivity index (χ4v) is 4.80. The molecule has 0 unspecified atom stereocenters. The topological polar surface area (TPSA) is 119 Å². The molecule has 0 radical (unpaired) electrons. The first-order valence-corrected chi connectivity index (χ1v) is 9.71. The third-order valence-electron chi connectivity index (χ3n) is 4.23. The number of methoxy groups -OCH3 is 2. The van der Waals surface area contributed by atoms with Crippen molar-refractivity contribution in [1.29, 1.82) is 0 Å². The highest BCUT2D eigenvalue weighted by Gasteiger charge is 2.40. The SMILES string of the molecule is COc1ccc(C(=O)CN(CCN)[C@@H]2CS(=O)(=O)C[C@@H]2O)cc1OC. The standard InChI is InChI=1S/C16H24N2O6S/c1-23-15-4-3-11(7-16(15)24-2)13(19)8-18(6-5-17)12-9-25(21,22)10-14(12)20/h3-4,7,12,14,20H,5-6,8-10,17H2,1-2H3/t12-,14+/m1/s1. The van der Waals surface area contributed by atoms with Crippen molar-refractivity contribution in [2.24, 2.45) is 5.73 Å². The fraction of sp³-hybridized carbons (Fsp3) is 0.562. The van der Waals surface area contributed by atoms with E-state index in [4.69, 9.17) is 15.2 Å². The van der Waals surface area contributed by atoms with E-state index in [0.29, 0.717) is 23.6 Å². The van der Waals surface area contributed by atoms with E-state index in [0.717, 1.165) is 0 Å². The van der Waals surface area contributed by atoms with Crippen LogP contribution in [-0.4, -0.2) is 81.7 Å². The maximum absolute atomic E-state index is 12.6. The van der Waals surface area contributed by atoms with Gasteiger partial charge in [0.25, 0.3) is 0 Å². The summed E-state index contributed by atoms with van der Waals surface area (Å²) >= 11 is 0. The van der Waals surface area contributed by atoms with Crippen molar-refractivity contribution in [1.82, 2.24) is 4.90 Å². The Morgan fingerprint density at radius 2 is 1.96 bits per heavy atom. The molecule has 0 saturated carbocycles. The second-order valence-electron chi connectivity index (χ2n) is 5.96. The number of nitrogens with zero attached hydrogens (tertiary/aromatic N) is 1. The Hall–Kier alpha value is -1.68. The summed E-state index contributed by atoms with van der Waals surface area (Å²) in [6, 6.07) is 4.20. The largest absolute Gasteiger partial charge is 0.493 e. The van der Waals surface area contributed by atoms with Crippen LogP contribution in [-0.2, 0) is 9.84 Å². The highest BCUT2D eigenvalue weighted by Crippen LogP contribution is 2.28. The van der Waals surface area contributed by atoms with Crippen LogP contribution in [0.4, 0.5) is 0 Å². The molecular weight excluding hydrogens is 348 g/mol. The molecule has 1 aromatic carbocycles. The van der Waals surface area contributed by atoms with E-state index in [1.165, 1.54) is 14.2 Å². The van der Waals surface area contributed by atoms with Crippen molar-refractivity contribution in [2.75, 3.05) is 45.4 Å². The second-order valence-corrected chi connectivity index (χ2v) is 8.12. The molecule has 2 atom stereocenters. The number of aliphatic hydroxyl groups is 1. The molecule has 0 aliphatic carbocycles. The minimum atomic E-state index is -3.31. The molecule has 0 spiro atoms. The molecule has 1 aliphatic rings. The van der Waals surface area contributed by atoms with Crippen molar-refractivity contribution in [2.45, 2.75) is 12.1 Å². The zero-order chi connectivity index (χ0) is 18.6. The summed E-state index contributed by atoms with van der Waals surface area (Å²) in [6.45, 7) is 0.530. The van der Waals surface area contributed by atoms with Crippen molar-refractivity contribution in [3.8, 4) is 11.5 Å². The lowest BCUT2D eigenvalue weighted by atomic mass is 10.1. The van der Waals surface area contributed by atoms with Crippen LogP contribution in [0, 0.1) is 0 Å². The summed E-state index contributed by atoms with van der Waals surface area (Å²) in [5.41, 5.74) is 6.00. The van der Waals surface area contributed by atoms with Gasteiger partial charge in [-0.2, -0.15) is 0 Å². The van der Waals surface area contributed by atoms with Crippen LogP contribution in [0.1, 0.15) is 10.4 Å². The van der Waals surface area contributed by atoms with Crippen LogP contribution in [0.3, 0.4) is 0 Å². The van der Waals surface area contributed by atoms with Gasteiger partial charge in [-0.25, -0.2) is 8.42 Å². The lowest BCUT2D eigenvalue weighted by molar-refractivity contribution is 0.0708. The Morgan fingerprint density at radius 3 is 2.48 bits per heavy atom. The molecule has 0 amide bonds. The zero-order valence-corrected chi connectivity index (χ0v) is 15.2. The zero-order valence-electron chi connectivity index (χ0n) is 14.3. The van der Waals surface area contributed by atoms with Gasteiger partial charge in [0.15, 0.2) is 27.1 Å². The average Bonchev–Trinajstić information content (AvgIpc) is 2.86. The summed E-state index contributed by atoms with van der Waals surface area (Å²) in [4.78, 5) is 14.2. The first-order chi connectivity index (χ1) is 11.8. The van der Waals surface area contributed by atoms with Gasteiger partial charge < -0.3 is 20.3 Å². The van der Waals surface area contributed by atoms with Gasteiger partial charge in [-0.3, -0.25) is 9.69 Å². The minimum Gasteiger partial charge on any atom is -0.493 e. The summed E-state index contributed by atoms with van der Waals surface area (Å²) in [5, 5.41) is 10.0. The lowest BCUT2D eigenvalue weighted by Gasteiger charge is -2.29. The van der Waals surface area contributed by atoms with Crippen LogP contribution in [0.15, 0.2) is 18.2 Å². The second kappa shape index (κ2) is 8.13. The summed E-state index contributed by atoms with van der Waals surface area (Å²) in [5.74, 6) is 0.264. The summed E-state index contributed by atoms with van der Waals surface area (Å²) in [7, 11) is -0.325. The van der Waals surface area contributed by atoms with Gasteiger partial charge in [-0.15, -0.1) is 0 Å². The smallest absolute Gasteiger partial charge is 0.176 e. The van der Waals surface area contributed by atoms with Gasteiger partial charge >= 0.3 is 0 Å². The molecular formula is C16H24N2O6S. The lowest BCUT2D eigenvalue weighted by Crippen LogP contribution is -2.47. The molecule has 0 aromatic heterocycles. The van der Waals surface area contributed by atoms with Crippen LogP contribution >= 0.6 is 0 Å².